The van der Waals surface area contributed by atoms with E-state index in [1.54, 1.807) is 11.3 Å². The highest BCUT2D eigenvalue weighted by Crippen LogP contribution is 2.29. The molecule has 2 aromatic heterocycles. The minimum absolute atomic E-state index is 0.977. The number of thiophene rings is 2. The second-order valence-corrected chi connectivity index (χ2v) is 6.99. The van der Waals surface area contributed by atoms with E-state index in [9.17, 15) is 0 Å². The van der Waals surface area contributed by atoms with Crippen molar-refractivity contribution in [3.05, 3.63) is 69.7 Å². The van der Waals surface area contributed by atoms with E-state index < -0.39 is 0 Å². The summed E-state index contributed by atoms with van der Waals surface area (Å²) in [5.74, 6) is 0. The summed E-state index contributed by atoms with van der Waals surface area (Å²) in [5, 5.41) is 7.93. The topological polar surface area (TPSA) is 12.0 Å². The highest BCUT2D eigenvalue weighted by molar-refractivity contribution is 7.14. The third-order valence-corrected chi connectivity index (χ3v) is 5.28. The Bertz CT molecular complexity index is 641. The van der Waals surface area contributed by atoms with Crippen LogP contribution in [-0.2, 0) is 13.0 Å². The van der Waals surface area contributed by atoms with E-state index >= 15 is 0 Å². The molecular formula is C18H19NS2. The SMILES string of the molecule is c1ccc(CCCNCc2cc(-c3cccs3)cs2)cc1. The molecule has 0 saturated carbocycles. The van der Waals surface area contributed by atoms with Crippen molar-refractivity contribution < 1.29 is 0 Å². The summed E-state index contributed by atoms with van der Waals surface area (Å²) in [6, 6.07) is 17.3. The van der Waals surface area contributed by atoms with Gasteiger partial charge in [0, 0.05) is 21.9 Å². The number of nitrogens with one attached hydrogen (secondary N) is 1. The van der Waals surface area contributed by atoms with Gasteiger partial charge in [-0.05, 0) is 47.8 Å². The molecule has 0 bridgehead atoms. The molecule has 1 aromatic carbocycles. The molecule has 0 spiro atoms. The summed E-state index contributed by atoms with van der Waals surface area (Å²) >= 11 is 3.65. The van der Waals surface area contributed by atoms with E-state index in [0.29, 0.717) is 0 Å². The monoisotopic (exact) mass is 313 g/mol. The van der Waals surface area contributed by atoms with Gasteiger partial charge in [-0.25, -0.2) is 0 Å². The number of rotatable bonds is 7. The quantitative estimate of drug-likeness (QED) is 0.591. The van der Waals surface area contributed by atoms with Gasteiger partial charge in [0.1, 0.15) is 0 Å². The predicted molar refractivity (Wildman–Crippen MR) is 94.1 cm³/mol. The van der Waals surface area contributed by atoms with E-state index in [1.165, 1.54) is 27.3 Å². The number of aryl methyl sites for hydroxylation is 1. The lowest BCUT2D eigenvalue weighted by Crippen LogP contribution is -2.14. The van der Waals surface area contributed by atoms with Crippen LogP contribution in [-0.4, -0.2) is 6.54 Å². The second-order valence-electron chi connectivity index (χ2n) is 5.04. The Morgan fingerprint density at radius 1 is 0.952 bits per heavy atom. The van der Waals surface area contributed by atoms with Gasteiger partial charge in [0.25, 0.3) is 0 Å². The standard InChI is InChI=1S/C18H19NS2/c1-2-6-15(7-3-1)8-4-10-19-13-17-12-16(14-21-17)18-9-5-11-20-18/h1-3,5-7,9,11-12,14,19H,4,8,10,13H2. The van der Waals surface area contributed by atoms with Gasteiger partial charge in [-0.1, -0.05) is 36.4 Å². The van der Waals surface area contributed by atoms with Crippen LogP contribution in [0.15, 0.2) is 59.3 Å². The fourth-order valence-electron chi connectivity index (χ4n) is 2.32. The van der Waals surface area contributed by atoms with E-state index in [4.69, 9.17) is 0 Å². The molecule has 21 heavy (non-hydrogen) atoms. The molecule has 0 radical (unpaired) electrons. The molecule has 0 atom stereocenters. The molecule has 1 nitrogen and oxygen atoms in total. The smallest absolute Gasteiger partial charge is 0.0351 e. The first kappa shape index (κ1) is 14.5. The zero-order valence-corrected chi connectivity index (χ0v) is 13.6. The Morgan fingerprint density at radius 3 is 2.67 bits per heavy atom. The van der Waals surface area contributed by atoms with Crippen molar-refractivity contribution in [2.45, 2.75) is 19.4 Å². The first-order valence-electron chi connectivity index (χ1n) is 7.28. The molecule has 0 saturated heterocycles. The van der Waals surface area contributed by atoms with Crippen molar-refractivity contribution in [2.24, 2.45) is 0 Å². The van der Waals surface area contributed by atoms with Crippen molar-refractivity contribution in [1.82, 2.24) is 5.32 Å². The molecular weight excluding hydrogens is 294 g/mol. The fourth-order valence-corrected chi connectivity index (χ4v) is 3.96. The van der Waals surface area contributed by atoms with E-state index in [1.807, 2.05) is 11.3 Å². The average molecular weight is 313 g/mol. The summed E-state index contributed by atoms with van der Waals surface area (Å²) in [5.41, 5.74) is 2.78. The summed E-state index contributed by atoms with van der Waals surface area (Å²) in [4.78, 5) is 2.78. The van der Waals surface area contributed by atoms with Crippen LogP contribution in [0.25, 0.3) is 10.4 Å². The molecule has 0 aliphatic carbocycles. The highest BCUT2D eigenvalue weighted by Gasteiger charge is 2.03. The Hall–Kier alpha value is -1.42. The van der Waals surface area contributed by atoms with Crippen LogP contribution in [0, 0.1) is 0 Å². The Morgan fingerprint density at radius 2 is 1.86 bits per heavy atom. The van der Waals surface area contributed by atoms with Crippen molar-refractivity contribution >= 4 is 22.7 Å². The largest absolute Gasteiger partial charge is 0.312 e. The van der Waals surface area contributed by atoms with Gasteiger partial charge >= 0.3 is 0 Å². The number of hydrogen-bond donors (Lipinski definition) is 1. The van der Waals surface area contributed by atoms with Gasteiger partial charge in [-0.3, -0.25) is 0 Å². The summed E-state index contributed by atoms with van der Waals surface area (Å²) in [6.07, 6.45) is 2.34. The van der Waals surface area contributed by atoms with Crippen LogP contribution >= 0.6 is 22.7 Å². The summed E-state index contributed by atoms with van der Waals surface area (Å²) < 4.78 is 0. The van der Waals surface area contributed by atoms with Crippen molar-refractivity contribution in [3.8, 4) is 10.4 Å². The first-order valence-corrected chi connectivity index (χ1v) is 9.04. The van der Waals surface area contributed by atoms with Crippen LogP contribution in [0.1, 0.15) is 16.9 Å². The van der Waals surface area contributed by atoms with Crippen molar-refractivity contribution in [1.29, 1.82) is 0 Å². The van der Waals surface area contributed by atoms with Crippen LogP contribution in [0.3, 0.4) is 0 Å². The van der Waals surface area contributed by atoms with E-state index in [0.717, 1.165) is 19.5 Å². The Labute approximate surface area is 134 Å². The lowest BCUT2D eigenvalue weighted by molar-refractivity contribution is 0.654. The number of benzene rings is 1. The van der Waals surface area contributed by atoms with Crippen LogP contribution in [0.2, 0.25) is 0 Å². The molecule has 0 aliphatic rings. The third kappa shape index (κ3) is 4.27. The predicted octanol–water partition coefficient (Wildman–Crippen LogP) is 5.20. The normalized spacial score (nSPS) is 10.9. The van der Waals surface area contributed by atoms with Crippen molar-refractivity contribution in [2.75, 3.05) is 6.54 Å². The number of hydrogen-bond acceptors (Lipinski definition) is 3. The zero-order chi connectivity index (χ0) is 14.3. The third-order valence-electron chi connectivity index (χ3n) is 3.42. The lowest BCUT2D eigenvalue weighted by atomic mass is 10.1. The lowest BCUT2D eigenvalue weighted by Gasteiger charge is -2.03. The molecule has 3 aromatic rings. The fraction of sp³-hybridized carbons (Fsp3) is 0.222. The summed E-state index contributed by atoms with van der Waals surface area (Å²) in [6.45, 7) is 2.05. The van der Waals surface area contributed by atoms with Crippen LogP contribution < -0.4 is 5.32 Å². The molecule has 3 rings (SSSR count). The maximum atomic E-state index is 3.54. The Kier molecular flexibility index (Phi) is 5.22. The van der Waals surface area contributed by atoms with Crippen LogP contribution in [0.4, 0.5) is 0 Å². The first-order chi connectivity index (χ1) is 10.4. The van der Waals surface area contributed by atoms with E-state index in [2.05, 4.69) is 64.6 Å². The minimum Gasteiger partial charge on any atom is -0.312 e. The second kappa shape index (κ2) is 7.55. The van der Waals surface area contributed by atoms with Gasteiger partial charge in [0.2, 0.25) is 0 Å². The molecule has 2 heterocycles. The van der Waals surface area contributed by atoms with Gasteiger partial charge in [0.15, 0.2) is 0 Å². The Balaban J connectivity index is 1.40. The molecule has 0 amide bonds. The zero-order valence-electron chi connectivity index (χ0n) is 11.9. The summed E-state index contributed by atoms with van der Waals surface area (Å²) in [7, 11) is 0. The maximum Gasteiger partial charge on any atom is 0.0351 e. The molecule has 108 valence electrons. The van der Waals surface area contributed by atoms with Gasteiger partial charge in [-0.15, -0.1) is 22.7 Å². The van der Waals surface area contributed by atoms with Crippen molar-refractivity contribution in [3.63, 3.8) is 0 Å². The highest BCUT2D eigenvalue weighted by atomic mass is 32.1. The minimum atomic E-state index is 0.977. The molecule has 3 heteroatoms. The average Bonchev–Trinajstić information content (AvgIpc) is 3.19. The molecule has 0 unspecified atom stereocenters. The molecule has 0 aliphatic heterocycles. The van der Waals surface area contributed by atoms with E-state index in [-0.39, 0.29) is 0 Å². The van der Waals surface area contributed by atoms with Gasteiger partial charge in [-0.2, -0.15) is 0 Å². The van der Waals surface area contributed by atoms with Crippen LogP contribution in [0.5, 0.6) is 0 Å². The van der Waals surface area contributed by atoms with Gasteiger partial charge in [0.05, 0.1) is 0 Å². The molecule has 0 fully saturated rings. The maximum absolute atomic E-state index is 3.54. The molecule has 1 N–H and O–H groups in total. The van der Waals surface area contributed by atoms with Gasteiger partial charge < -0.3 is 5.32 Å².